The minimum atomic E-state index is -0.0724. The van der Waals surface area contributed by atoms with Crippen LogP contribution in [0.5, 0.6) is 0 Å². The van der Waals surface area contributed by atoms with E-state index < -0.39 is 0 Å². The highest BCUT2D eigenvalue weighted by molar-refractivity contribution is 6.08. The molecule has 2 aromatic rings. The number of benzene rings is 2. The van der Waals surface area contributed by atoms with Crippen LogP contribution < -0.4 is 10.2 Å². The second-order valence-corrected chi connectivity index (χ2v) is 11.5. The summed E-state index contributed by atoms with van der Waals surface area (Å²) >= 11 is 0. The average Bonchev–Trinajstić information content (AvgIpc) is 3.28. The molecule has 3 heteroatoms. The fourth-order valence-corrected chi connectivity index (χ4v) is 6.30. The van der Waals surface area contributed by atoms with E-state index in [4.69, 9.17) is 4.99 Å². The van der Waals surface area contributed by atoms with Gasteiger partial charge in [0.05, 0.1) is 11.4 Å². The normalized spacial score (nSPS) is 22.1. The van der Waals surface area contributed by atoms with E-state index in [1.165, 1.54) is 39.4 Å². The van der Waals surface area contributed by atoms with Crippen LogP contribution in [0.15, 0.2) is 100 Å². The zero-order valence-corrected chi connectivity index (χ0v) is 23.4. The van der Waals surface area contributed by atoms with Crippen molar-refractivity contribution in [2.24, 2.45) is 4.99 Å². The summed E-state index contributed by atoms with van der Waals surface area (Å²) in [6.45, 7) is 12.6. The van der Waals surface area contributed by atoms with Crippen LogP contribution in [-0.2, 0) is 10.8 Å². The van der Waals surface area contributed by atoms with Crippen LogP contribution in [0.25, 0.3) is 0 Å². The Bertz CT molecular complexity index is 1350. The number of aliphatic imine (C=N–C) groups is 1. The molecule has 0 fully saturated rings. The third-order valence-corrected chi connectivity index (χ3v) is 8.37. The number of hydrogen-bond donors (Lipinski definition) is 1. The lowest BCUT2D eigenvalue weighted by Crippen LogP contribution is -2.26. The molecular weight excluding hydrogens is 450 g/mol. The molecule has 0 saturated heterocycles. The highest BCUT2D eigenvalue weighted by Gasteiger charge is 2.39. The van der Waals surface area contributed by atoms with Crippen LogP contribution in [0.2, 0.25) is 0 Å². The summed E-state index contributed by atoms with van der Waals surface area (Å²) in [7, 11) is 2.06. The molecule has 3 aliphatic rings. The van der Waals surface area contributed by atoms with Crippen LogP contribution in [0.1, 0.15) is 71.4 Å². The molecule has 0 unspecified atom stereocenters. The lowest BCUT2D eigenvalue weighted by molar-refractivity contribution is 0.628. The van der Waals surface area contributed by atoms with E-state index in [9.17, 15) is 0 Å². The molecule has 0 spiro atoms. The van der Waals surface area contributed by atoms with Crippen molar-refractivity contribution >= 4 is 17.1 Å². The van der Waals surface area contributed by atoms with E-state index in [1.54, 1.807) is 0 Å². The quantitative estimate of drug-likeness (QED) is 0.440. The molecule has 0 amide bonds. The van der Waals surface area contributed by atoms with Gasteiger partial charge in [0.25, 0.3) is 0 Å². The molecule has 0 saturated carbocycles. The van der Waals surface area contributed by atoms with Gasteiger partial charge in [0.1, 0.15) is 0 Å². The number of nitrogens with one attached hydrogen (secondary N) is 1. The Morgan fingerprint density at radius 2 is 1.62 bits per heavy atom. The van der Waals surface area contributed by atoms with Crippen LogP contribution >= 0.6 is 0 Å². The Balaban J connectivity index is 1.48. The lowest BCUT2D eigenvalue weighted by atomic mass is 9.81. The van der Waals surface area contributed by atoms with E-state index in [0.29, 0.717) is 0 Å². The van der Waals surface area contributed by atoms with Crippen molar-refractivity contribution in [2.75, 3.05) is 18.5 Å². The van der Waals surface area contributed by atoms with Crippen molar-refractivity contribution in [1.29, 1.82) is 0 Å². The highest BCUT2D eigenvalue weighted by Crippen LogP contribution is 2.48. The lowest BCUT2D eigenvalue weighted by Gasteiger charge is -2.27. The molecule has 3 nitrogen and oxygen atoms in total. The monoisotopic (exact) mass is 491 g/mol. The second kappa shape index (κ2) is 9.85. The first-order chi connectivity index (χ1) is 17.8. The standard InChI is InChI=1S/C34H41N3/c1-7-23-37-29-18-11-9-16-27(29)34(4,5)31(37)22-20-25-14-12-13-24(32(25)35-6)19-21-30-33(2,3)26-15-8-10-17-28(26)36-30/h8-11,15-22,35H,7,12-14,23H2,1-6H3/b21-19+,25-20+,31-22+. The zero-order chi connectivity index (χ0) is 26.2. The van der Waals surface area contributed by atoms with Gasteiger partial charge in [0.2, 0.25) is 0 Å². The number of anilines is 1. The molecule has 0 aromatic heterocycles. The molecule has 192 valence electrons. The number of rotatable bonds is 6. The number of hydrogen-bond acceptors (Lipinski definition) is 3. The Labute approximate surface area is 223 Å². The third kappa shape index (κ3) is 4.39. The van der Waals surface area contributed by atoms with Gasteiger partial charge >= 0.3 is 0 Å². The maximum atomic E-state index is 4.97. The summed E-state index contributed by atoms with van der Waals surface area (Å²) in [4.78, 5) is 7.49. The fourth-order valence-electron chi connectivity index (χ4n) is 6.30. The summed E-state index contributed by atoms with van der Waals surface area (Å²) < 4.78 is 0. The first-order valence-electron chi connectivity index (χ1n) is 13.9. The van der Waals surface area contributed by atoms with E-state index in [1.807, 2.05) is 0 Å². The summed E-state index contributed by atoms with van der Waals surface area (Å²) in [6.07, 6.45) is 13.8. The van der Waals surface area contributed by atoms with Crippen LogP contribution in [0.4, 0.5) is 11.4 Å². The summed E-state index contributed by atoms with van der Waals surface area (Å²) in [5.41, 5.74) is 11.7. The first kappa shape index (κ1) is 25.3. The van der Waals surface area contributed by atoms with Crippen LogP contribution in [0, 0.1) is 0 Å². The molecule has 2 aliphatic heterocycles. The van der Waals surface area contributed by atoms with Gasteiger partial charge in [-0.05, 0) is 72.2 Å². The number of para-hydroxylation sites is 2. The average molecular weight is 492 g/mol. The first-order valence-corrected chi connectivity index (χ1v) is 13.9. The molecule has 37 heavy (non-hydrogen) atoms. The van der Waals surface area contributed by atoms with E-state index in [-0.39, 0.29) is 10.8 Å². The third-order valence-electron chi connectivity index (χ3n) is 8.37. The Morgan fingerprint density at radius 1 is 0.892 bits per heavy atom. The van der Waals surface area contributed by atoms with Gasteiger partial charge < -0.3 is 10.2 Å². The van der Waals surface area contributed by atoms with Gasteiger partial charge in [-0.2, -0.15) is 0 Å². The predicted molar refractivity (Wildman–Crippen MR) is 159 cm³/mol. The zero-order valence-electron chi connectivity index (χ0n) is 23.4. The molecule has 2 heterocycles. The van der Waals surface area contributed by atoms with Crippen molar-refractivity contribution in [2.45, 2.75) is 71.1 Å². The van der Waals surface area contributed by atoms with E-state index in [2.05, 4.69) is 125 Å². The highest BCUT2D eigenvalue weighted by atomic mass is 15.2. The molecule has 0 radical (unpaired) electrons. The van der Waals surface area contributed by atoms with Gasteiger partial charge in [-0.1, -0.05) is 83.2 Å². The minimum Gasteiger partial charge on any atom is -0.388 e. The van der Waals surface area contributed by atoms with Gasteiger partial charge in [-0.15, -0.1) is 0 Å². The van der Waals surface area contributed by atoms with Gasteiger partial charge in [0, 0.05) is 41.5 Å². The van der Waals surface area contributed by atoms with E-state index >= 15 is 0 Å². The number of allylic oxidation sites excluding steroid dienone is 7. The van der Waals surface area contributed by atoms with Gasteiger partial charge in [0.15, 0.2) is 0 Å². The predicted octanol–water partition coefficient (Wildman–Crippen LogP) is 8.28. The summed E-state index contributed by atoms with van der Waals surface area (Å²) in [5, 5.41) is 3.54. The summed E-state index contributed by atoms with van der Waals surface area (Å²) in [5.74, 6) is 0. The number of likely N-dealkylation sites (N-methyl/N-ethyl adjacent to an activating group) is 1. The largest absolute Gasteiger partial charge is 0.388 e. The Morgan fingerprint density at radius 3 is 2.35 bits per heavy atom. The fraction of sp³-hybridized carbons (Fsp3) is 0.382. The Kier molecular flexibility index (Phi) is 6.74. The van der Waals surface area contributed by atoms with Gasteiger partial charge in [-0.3, -0.25) is 4.99 Å². The molecule has 0 atom stereocenters. The van der Waals surface area contributed by atoms with Crippen molar-refractivity contribution < 1.29 is 0 Å². The molecule has 0 bridgehead atoms. The van der Waals surface area contributed by atoms with Crippen molar-refractivity contribution in [3.63, 3.8) is 0 Å². The van der Waals surface area contributed by atoms with Crippen molar-refractivity contribution in [1.82, 2.24) is 5.32 Å². The van der Waals surface area contributed by atoms with Crippen LogP contribution in [0.3, 0.4) is 0 Å². The maximum absolute atomic E-state index is 4.97. The SMILES string of the molecule is CCCN1/C(=C/C=C2\CCCC(/C=C/C3=Nc4ccccc4C3(C)C)=C2NC)C(C)(C)c2ccccc21. The molecule has 1 aliphatic carbocycles. The van der Waals surface area contributed by atoms with Crippen molar-refractivity contribution in [3.05, 3.63) is 107 Å². The van der Waals surface area contributed by atoms with Gasteiger partial charge in [-0.25, -0.2) is 0 Å². The molecular formula is C34H41N3. The number of nitrogens with zero attached hydrogens (tertiary/aromatic N) is 2. The molecule has 2 aromatic carbocycles. The maximum Gasteiger partial charge on any atom is 0.0674 e. The topological polar surface area (TPSA) is 27.6 Å². The van der Waals surface area contributed by atoms with Crippen molar-refractivity contribution in [3.8, 4) is 0 Å². The van der Waals surface area contributed by atoms with E-state index in [0.717, 1.165) is 43.6 Å². The smallest absolute Gasteiger partial charge is 0.0674 e. The molecule has 1 N–H and O–H groups in total. The number of fused-ring (bicyclic) bond motifs is 2. The van der Waals surface area contributed by atoms with Crippen LogP contribution in [-0.4, -0.2) is 19.3 Å². The molecule has 5 rings (SSSR count). The minimum absolute atomic E-state index is 0.00898. The second-order valence-electron chi connectivity index (χ2n) is 11.5. The Hall–Kier alpha value is -3.33. The summed E-state index contributed by atoms with van der Waals surface area (Å²) in [6, 6.07) is 17.4.